The first-order chi connectivity index (χ1) is 13.8. The number of ether oxygens (including phenoxy) is 1. The molecule has 0 bridgehead atoms. The number of anilines is 1. The van der Waals surface area contributed by atoms with Crippen LogP contribution in [0.4, 0.5) is 5.69 Å². The fraction of sp³-hybridized carbons (Fsp3) is 0.429. The molecular weight excluding hydrogens is 372 g/mol. The van der Waals surface area contributed by atoms with Gasteiger partial charge in [-0.05, 0) is 30.5 Å². The molecule has 8 heteroatoms. The summed E-state index contributed by atoms with van der Waals surface area (Å²) >= 11 is 0. The van der Waals surface area contributed by atoms with Crippen molar-refractivity contribution in [1.82, 2.24) is 5.32 Å². The normalized spacial score (nSPS) is 11.2. The van der Waals surface area contributed by atoms with Gasteiger partial charge in [-0.15, -0.1) is 6.58 Å². The summed E-state index contributed by atoms with van der Waals surface area (Å²) in [7, 11) is 0. The summed E-state index contributed by atoms with van der Waals surface area (Å²) < 4.78 is 4.85. The number of carbonyl (C=O) groups is 3. The lowest BCUT2D eigenvalue weighted by Crippen LogP contribution is -2.35. The molecule has 0 saturated carbocycles. The van der Waals surface area contributed by atoms with Gasteiger partial charge in [0.15, 0.2) is 0 Å². The molecule has 0 aromatic heterocycles. The molecule has 158 valence electrons. The lowest BCUT2D eigenvalue weighted by atomic mass is 9.99. The lowest BCUT2D eigenvalue weighted by molar-refractivity contribution is -0.143. The average Bonchev–Trinajstić information content (AvgIpc) is 2.66. The molecule has 0 saturated heterocycles. The number of esters is 1. The van der Waals surface area contributed by atoms with Crippen LogP contribution in [0.15, 0.2) is 30.9 Å². The Hall–Kier alpha value is -3.16. The predicted molar refractivity (Wildman–Crippen MR) is 113 cm³/mol. The Bertz CT molecular complexity index is 761. The van der Waals surface area contributed by atoms with Gasteiger partial charge in [0.25, 0.3) is 0 Å². The minimum atomic E-state index is -0.542. The lowest BCUT2D eigenvalue weighted by Gasteiger charge is -2.15. The third-order valence-corrected chi connectivity index (χ3v) is 4.18. The highest BCUT2D eigenvalue weighted by atomic mass is 16.5. The largest absolute Gasteiger partial charge is 0.466 e. The number of amidine groups is 1. The van der Waals surface area contributed by atoms with Crippen LogP contribution in [-0.4, -0.2) is 36.3 Å². The van der Waals surface area contributed by atoms with E-state index in [9.17, 15) is 14.4 Å². The molecule has 1 aromatic rings. The summed E-state index contributed by atoms with van der Waals surface area (Å²) in [6.45, 7) is 7.53. The monoisotopic (exact) mass is 402 g/mol. The zero-order chi connectivity index (χ0) is 21.8. The van der Waals surface area contributed by atoms with Crippen LogP contribution in [-0.2, 0) is 32.0 Å². The van der Waals surface area contributed by atoms with Gasteiger partial charge in [-0.2, -0.15) is 0 Å². The zero-order valence-corrected chi connectivity index (χ0v) is 17.0. The van der Waals surface area contributed by atoms with E-state index < -0.39 is 12.0 Å². The van der Waals surface area contributed by atoms with Gasteiger partial charge in [-0.25, -0.2) is 0 Å². The SMILES string of the molecule is C=CC(CC(=O)OCC)NC(=O)CCC(=O)Nc1cccc(CC(=N)N)c1CC. The molecule has 8 nitrogen and oxygen atoms in total. The molecule has 0 heterocycles. The van der Waals surface area contributed by atoms with Crippen molar-refractivity contribution in [2.75, 3.05) is 11.9 Å². The van der Waals surface area contributed by atoms with Crippen LogP contribution in [0, 0.1) is 5.41 Å². The van der Waals surface area contributed by atoms with Gasteiger partial charge in [0.2, 0.25) is 11.8 Å². The molecule has 1 rings (SSSR count). The second kappa shape index (κ2) is 12.3. The van der Waals surface area contributed by atoms with E-state index in [1.54, 1.807) is 19.1 Å². The number of benzene rings is 1. The molecule has 29 heavy (non-hydrogen) atoms. The van der Waals surface area contributed by atoms with Gasteiger partial charge >= 0.3 is 5.97 Å². The second-order valence-corrected chi connectivity index (χ2v) is 6.47. The van der Waals surface area contributed by atoms with Crippen molar-refractivity contribution in [3.63, 3.8) is 0 Å². The summed E-state index contributed by atoms with van der Waals surface area (Å²) in [6, 6.07) is 4.92. The maximum absolute atomic E-state index is 12.3. The van der Waals surface area contributed by atoms with Crippen LogP contribution in [0.5, 0.6) is 0 Å². The Morgan fingerprint density at radius 2 is 1.93 bits per heavy atom. The third kappa shape index (κ3) is 8.59. The van der Waals surface area contributed by atoms with Crippen molar-refractivity contribution in [2.24, 2.45) is 5.73 Å². The predicted octanol–water partition coefficient (Wildman–Crippen LogP) is 2.07. The van der Waals surface area contributed by atoms with E-state index in [2.05, 4.69) is 17.2 Å². The molecule has 2 amide bonds. The number of carbonyl (C=O) groups excluding carboxylic acids is 3. The average molecular weight is 402 g/mol. The molecule has 5 N–H and O–H groups in total. The first kappa shape index (κ1) is 23.9. The molecule has 1 aromatic carbocycles. The minimum Gasteiger partial charge on any atom is -0.466 e. The first-order valence-corrected chi connectivity index (χ1v) is 9.61. The molecular formula is C21H30N4O4. The highest BCUT2D eigenvalue weighted by molar-refractivity contribution is 5.94. The minimum absolute atomic E-state index is 0.00191. The van der Waals surface area contributed by atoms with Crippen molar-refractivity contribution in [3.05, 3.63) is 42.0 Å². The van der Waals surface area contributed by atoms with E-state index >= 15 is 0 Å². The Kier molecular flexibility index (Phi) is 10.2. The van der Waals surface area contributed by atoms with Crippen molar-refractivity contribution >= 4 is 29.3 Å². The van der Waals surface area contributed by atoms with Crippen molar-refractivity contribution < 1.29 is 19.1 Å². The summed E-state index contributed by atoms with van der Waals surface area (Å²) in [5, 5.41) is 13.0. The number of nitrogens with two attached hydrogens (primary N) is 1. The number of hydrogen-bond donors (Lipinski definition) is 4. The van der Waals surface area contributed by atoms with Crippen LogP contribution in [0.25, 0.3) is 0 Å². The maximum Gasteiger partial charge on any atom is 0.308 e. The number of rotatable bonds is 12. The Morgan fingerprint density at radius 1 is 1.24 bits per heavy atom. The van der Waals surface area contributed by atoms with Crippen molar-refractivity contribution in [1.29, 1.82) is 5.41 Å². The fourth-order valence-electron chi connectivity index (χ4n) is 2.85. The number of amides is 2. The standard InChI is InChI=1S/C21H30N4O4/c1-4-15(13-21(28)29-6-3)24-19(26)10-11-20(27)25-17-9-7-8-14(12-18(22)23)16(17)5-2/h4,7-9,15H,1,5-6,10-13H2,2-3H3,(H3,22,23)(H,24,26)(H,25,27). The molecule has 0 aliphatic carbocycles. The van der Waals surface area contributed by atoms with Gasteiger partial charge in [0, 0.05) is 24.9 Å². The van der Waals surface area contributed by atoms with E-state index in [1.165, 1.54) is 6.08 Å². The van der Waals surface area contributed by atoms with Gasteiger partial charge in [0.1, 0.15) is 0 Å². The van der Waals surface area contributed by atoms with Crippen LogP contribution in [0.2, 0.25) is 0 Å². The van der Waals surface area contributed by atoms with Crippen LogP contribution in [0.3, 0.4) is 0 Å². The quantitative estimate of drug-likeness (QED) is 0.184. The number of hydrogen-bond acceptors (Lipinski definition) is 5. The highest BCUT2D eigenvalue weighted by Gasteiger charge is 2.16. The van der Waals surface area contributed by atoms with Gasteiger partial charge in [-0.3, -0.25) is 19.8 Å². The van der Waals surface area contributed by atoms with E-state index in [4.69, 9.17) is 15.9 Å². The molecule has 0 aliphatic rings. The molecule has 0 aliphatic heterocycles. The first-order valence-electron chi connectivity index (χ1n) is 9.61. The molecule has 1 unspecified atom stereocenters. The van der Waals surface area contributed by atoms with E-state index in [-0.39, 0.29) is 43.5 Å². The zero-order valence-electron chi connectivity index (χ0n) is 17.0. The summed E-state index contributed by atoms with van der Waals surface area (Å²) in [6.07, 6.45) is 2.43. The second-order valence-electron chi connectivity index (χ2n) is 6.47. The molecule has 0 fully saturated rings. The van der Waals surface area contributed by atoms with Gasteiger partial charge in [-0.1, -0.05) is 25.1 Å². The van der Waals surface area contributed by atoms with Gasteiger partial charge < -0.3 is 21.1 Å². The smallest absolute Gasteiger partial charge is 0.308 e. The van der Waals surface area contributed by atoms with Gasteiger partial charge in [0.05, 0.1) is 24.9 Å². The van der Waals surface area contributed by atoms with Crippen LogP contribution >= 0.6 is 0 Å². The Labute approximate surface area is 171 Å². The molecule has 0 radical (unpaired) electrons. The fourth-order valence-corrected chi connectivity index (χ4v) is 2.85. The number of nitrogens with one attached hydrogen (secondary N) is 3. The van der Waals surface area contributed by atoms with Crippen molar-refractivity contribution in [2.45, 2.75) is 52.0 Å². The van der Waals surface area contributed by atoms with Crippen LogP contribution < -0.4 is 16.4 Å². The maximum atomic E-state index is 12.3. The highest BCUT2D eigenvalue weighted by Crippen LogP contribution is 2.21. The summed E-state index contributed by atoms with van der Waals surface area (Å²) in [4.78, 5) is 35.9. The van der Waals surface area contributed by atoms with E-state index in [0.717, 1.165) is 11.1 Å². The Balaban J connectivity index is 2.60. The summed E-state index contributed by atoms with van der Waals surface area (Å²) in [5.74, 6) is -1.02. The van der Waals surface area contributed by atoms with Crippen molar-refractivity contribution in [3.8, 4) is 0 Å². The Morgan fingerprint density at radius 3 is 2.52 bits per heavy atom. The van der Waals surface area contributed by atoms with E-state index in [1.807, 2.05) is 13.0 Å². The molecule has 0 spiro atoms. The molecule has 1 atom stereocenters. The summed E-state index contributed by atoms with van der Waals surface area (Å²) in [5.41, 5.74) is 7.96. The van der Waals surface area contributed by atoms with E-state index in [0.29, 0.717) is 18.5 Å². The topological polar surface area (TPSA) is 134 Å². The third-order valence-electron chi connectivity index (χ3n) is 4.18. The van der Waals surface area contributed by atoms with Crippen LogP contribution in [0.1, 0.15) is 44.2 Å².